The van der Waals surface area contributed by atoms with Crippen molar-refractivity contribution in [2.75, 3.05) is 4.90 Å². The van der Waals surface area contributed by atoms with Crippen LogP contribution in [-0.4, -0.2) is 0 Å². The molecule has 0 N–H and O–H groups in total. The molecule has 0 radical (unpaired) electrons. The van der Waals surface area contributed by atoms with Crippen molar-refractivity contribution in [1.82, 2.24) is 0 Å². The minimum atomic E-state index is -0.160. The van der Waals surface area contributed by atoms with E-state index in [9.17, 15) is 0 Å². The van der Waals surface area contributed by atoms with E-state index in [1.807, 2.05) is 0 Å². The Morgan fingerprint density at radius 3 is 1.53 bits per heavy atom. The Morgan fingerprint density at radius 1 is 0.351 bits per heavy atom. The highest BCUT2D eigenvalue weighted by Crippen LogP contribution is 2.57. The van der Waals surface area contributed by atoms with E-state index < -0.39 is 0 Å². The smallest absolute Gasteiger partial charge is 0.0549 e. The average molecular weight is 730 g/mol. The molecule has 9 aromatic rings. The first-order valence-corrected chi connectivity index (χ1v) is 20.2. The Bertz CT molecular complexity index is 3050. The number of hydrogen-bond donors (Lipinski definition) is 0. The molecule has 11 rings (SSSR count). The predicted molar refractivity (Wildman–Crippen MR) is 242 cm³/mol. The maximum absolute atomic E-state index is 2.49. The maximum atomic E-state index is 2.49. The number of nitrogens with zero attached hydrogens (tertiary/aromatic N) is 1. The second kappa shape index (κ2) is 12.4. The molecule has 0 spiro atoms. The monoisotopic (exact) mass is 729 g/mol. The number of anilines is 3. The summed E-state index contributed by atoms with van der Waals surface area (Å²) in [5, 5.41) is 5.09. The van der Waals surface area contributed by atoms with Crippen molar-refractivity contribution in [2.24, 2.45) is 0 Å². The molecule has 9 aromatic carbocycles. The van der Waals surface area contributed by atoms with Crippen molar-refractivity contribution < 1.29 is 0 Å². The van der Waals surface area contributed by atoms with Crippen molar-refractivity contribution in [2.45, 2.75) is 38.5 Å². The molecule has 0 bridgehead atoms. The molecule has 0 unspecified atom stereocenters. The van der Waals surface area contributed by atoms with Crippen molar-refractivity contribution in [3.63, 3.8) is 0 Å². The molecule has 0 aromatic heterocycles. The molecule has 0 saturated heterocycles. The van der Waals surface area contributed by atoms with E-state index in [1.54, 1.807) is 0 Å². The van der Waals surface area contributed by atoms with Gasteiger partial charge in [-0.15, -0.1) is 0 Å². The number of hydrogen-bond acceptors (Lipinski definition) is 1. The molecule has 272 valence electrons. The fourth-order valence-electron chi connectivity index (χ4n) is 10.3. The molecular weight excluding hydrogens is 687 g/mol. The van der Waals surface area contributed by atoms with E-state index in [1.165, 1.54) is 94.0 Å². The summed E-state index contributed by atoms with van der Waals surface area (Å²) in [5.41, 5.74) is 19.1. The van der Waals surface area contributed by atoms with E-state index >= 15 is 0 Å². The summed E-state index contributed by atoms with van der Waals surface area (Å²) < 4.78 is 0. The minimum Gasteiger partial charge on any atom is -0.310 e. The van der Waals surface area contributed by atoms with Gasteiger partial charge in [0, 0.05) is 27.8 Å². The normalized spacial score (nSPS) is 14.2. The van der Waals surface area contributed by atoms with E-state index in [2.05, 4.69) is 221 Å². The van der Waals surface area contributed by atoms with Crippen LogP contribution in [0.4, 0.5) is 17.1 Å². The molecule has 2 aliphatic rings. The van der Waals surface area contributed by atoms with Crippen LogP contribution in [0.5, 0.6) is 0 Å². The third-order valence-corrected chi connectivity index (χ3v) is 13.0. The highest BCUT2D eigenvalue weighted by atomic mass is 15.1. The van der Waals surface area contributed by atoms with Crippen LogP contribution in [0.2, 0.25) is 0 Å². The standard InChI is InChI=1S/C56H43N/c1-55(2)48-24-11-9-20-46(48)52-44(23-14-26-50(52)55)38-29-33-41(34-30-38)57(40-31-27-37(28-32-40)43-22-13-17-36-15-5-7-18-42(36)43)51-35-39-16-6-8-19-45(39)54-53(51)47-21-10-12-25-49(47)56(54,3)4/h5-35H,1-4H3. The van der Waals surface area contributed by atoms with E-state index in [0.29, 0.717) is 0 Å². The van der Waals surface area contributed by atoms with Crippen LogP contribution in [0.25, 0.3) is 66.1 Å². The summed E-state index contributed by atoms with van der Waals surface area (Å²) in [7, 11) is 0. The van der Waals surface area contributed by atoms with Gasteiger partial charge in [-0.2, -0.15) is 0 Å². The van der Waals surface area contributed by atoms with Crippen LogP contribution in [0.1, 0.15) is 49.9 Å². The lowest BCUT2D eigenvalue weighted by Crippen LogP contribution is -2.16. The summed E-state index contributed by atoms with van der Waals surface area (Å²) >= 11 is 0. The van der Waals surface area contributed by atoms with Crippen molar-refractivity contribution in [3.05, 3.63) is 210 Å². The van der Waals surface area contributed by atoms with Crippen LogP contribution in [0.3, 0.4) is 0 Å². The highest BCUT2D eigenvalue weighted by molar-refractivity contribution is 6.06. The van der Waals surface area contributed by atoms with E-state index in [4.69, 9.17) is 0 Å². The molecule has 1 heteroatoms. The first kappa shape index (κ1) is 33.6. The fourth-order valence-corrected chi connectivity index (χ4v) is 10.3. The lowest BCUT2D eigenvalue weighted by atomic mass is 9.80. The Kier molecular flexibility index (Phi) is 7.32. The molecule has 0 saturated carbocycles. The van der Waals surface area contributed by atoms with Gasteiger partial charge in [-0.05, 0) is 113 Å². The van der Waals surface area contributed by atoms with Gasteiger partial charge >= 0.3 is 0 Å². The van der Waals surface area contributed by atoms with Gasteiger partial charge in [0.25, 0.3) is 0 Å². The third kappa shape index (κ3) is 4.95. The molecule has 0 aliphatic heterocycles. The largest absolute Gasteiger partial charge is 0.310 e. The number of rotatable bonds is 5. The van der Waals surface area contributed by atoms with Gasteiger partial charge in [0.1, 0.15) is 0 Å². The Labute approximate surface area is 335 Å². The maximum Gasteiger partial charge on any atom is 0.0549 e. The van der Waals surface area contributed by atoms with Gasteiger partial charge in [0.15, 0.2) is 0 Å². The molecule has 1 nitrogen and oxygen atoms in total. The van der Waals surface area contributed by atoms with E-state index in [-0.39, 0.29) is 10.8 Å². The lowest BCUT2D eigenvalue weighted by Gasteiger charge is -2.30. The summed E-state index contributed by atoms with van der Waals surface area (Å²) in [4.78, 5) is 2.49. The predicted octanol–water partition coefficient (Wildman–Crippen LogP) is 15.4. The van der Waals surface area contributed by atoms with Gasteiger partial charge < -0.3 is 4.90 Å². The Morgan fingerprint density at radius 2 is 0.825 bits per heavy atom. The second-order valence-electron chi connectivity index (χ2n) is 16.9. The van der Waals surface area contributed by atoms with Gasteiger partial charge in [-0.3, -0.25) is 0 Å². The van der Waals surface area contributed by atoms with Gasteiger partial charge in [0.05, 0.1) is 5.69 Å². The van der Waals surface area contributed by atoms with Gasteiger partial charge in [0.2, 0.25) is 0 Å². The highest BCUT2D eigenvalue weighted by Gasteiger charge is 2.40. The van der Waals surface area contributed by atoms with Crippen LogP contribution < -0.4 is 4.90 Å². The Balaban J connectivity index is 1.12. The molecule has 0 heterocycles. The summed E-state index contributed by atoms with van der Waals surface area (Å²) in [6.07, 6.45) is 0. The number of benzene rings is 9. The first-order valence-electron chi connectivity index (χ1n) is 20.2. The summed E-state index contributed by atoms with van der Waals surface area (Å²) in [6, 6.07) is 70.0. The second-order valence-corrected chi connectivity index (χ2v) is 16.9. The zero-order chi connectivity index (χ0) is 38.5. The molecule has 0 atom stereocenters. The SMILES string of the molecule is CC1(C)c2ccccc2-c2c(-c3ccc(N(c4ccc(-c5cccc6ccccc56)cc4)c4cc5ccccc5c5c4-c4ccccc4C5(C)C)cc3)cccc21. The van der Waals surface area contributed by atoms with Crippen molar-refractivity contribution >= 4 is 38.6 Å². The average Bonchev–Trinajstić information content (AvgIpc) is 3.64. The topological polar surface area (TPSA) is 3.24 Å². The van der Waals surface area contributed by atoms with Crippen LogP contribution in [0, 0.1) is 0 Å². The van der Waals surface area contributed by atoms with Gasteiger partial charge in [-0.25, -0.2) is 0 Å². The van der Waals surface area contributed by atoms with Crippen LogP contribution in [-0.2, 0) is 10.8 Å². The van der Waals surface area contributed by atoms with Crippen molar-refractivity contribution in [1.29, 1.82) is 0 Å². The zero-order valence-electron chi connectivity index (χ0n) is 32.8. The molecular formula is C56H43N. The quantitative estimate of drug-likeness (QED) is 0.170. The van der Waals surface area contributed by atoms with Crippen molar-refractivity contribution in [3.8, 4) is 44.5 Å². The van der Waals surface area contributed by atoms with Gasteiger partial charge in [-0.1, -0.05) is 185 Å². The third-order valence-electron chi connectivity index (χ3n) is 13.0. The van der Waals surface area contributed by atoms with E-state index in [0.717, 1.165) is 11.4 Å². The lowest BCUT2D eigenvalue weighted by molar-refractivity contribution is 0.660. The summed E-state index contributed by atoms with van der Waals surface area (Å²) in [6.45, 7) is 9.50. The fraction of sp³-hybridized carbons (Fsp3) is 0.107. The molecule has 2 aliphatic carbocycles. The molecule has 0 amide bonds. The molecule has 57 heavy (non-hydrogen) atoms. The van der Waals surface area contributed by atoms with Crippen LogP contribution in [0.15, 0.2) is 188 Å². The molecule has 0 fully saturated rings. The minimum absolute atomic E-state index is 0.0442. The van der Waals surface area contributed by atoms with Crippen LogP contribution >= 0.6 is 0 Å². The first-order chi connectivity index (χ1) is 27.8. The number of fused-ring (bicyclic) bond motifs is 9. The summed E-state index contributed by atoms with van der Waals surface area (Å²) in [5.74, 6) is 0. The Hall–Kier alpha value is -6.70. The zero-order valence-corrected chi connectivity index (χ0v) is 32.8.